The number of hydrogen-bond acceptors (Lipinski definition) is 4. The number of likely N-dealkylation sites (N-methyl/N-ethyl adjacent to an activating group) is 1. The molecule has 1 saturated heterocycles. The molecule has 0 aromatic carbocycles. The van der Waals surface area contributed by atoms with Crippen molar-refractivity contribution in [3.63, 3.8) is 0 Å². The molecule has 0 saturated carbocycles. The van der Waals surface area contributed by atoms with Crippen LogP contribution in [0, 0.1) is 0 Å². The summed E-state index contributed by atoms with van der Waals surface area (Å²) >= 11 is 1.93. The minimum absolute atomic E-state index is 0.114. The Balaban J connectivity index is 1.66. The maximum absolute atomic E-state index is 12.4. The standard InChI is InChI=1S/C12H18N4OS/c1-16(8-2-3-18-6-8)12(17)10-4-9-11(5-13-10)15-7-14-9/h7-8,10,13H,2-6H2,1H3,(H,14,15). The Labute approximate surface area is 111 Å². The molecule has 1 fully saturated rings. The van der Waals surface area contributed by atoms with Crippen LogP contribution in [0.15, 0.2) is 6.33 Å². The Morgan fingerprint density at radius 2 is 2.50 bits per heavy atom. The van der Waals surface area contributed by atoms with Crippen molar-refractivity contribution in [1.82, 2.24) is 20.2 Å². The highest BCUT2D eigenvalue weighted by molar-refractivity contribution is 7.99. The molecule has 2 N–H and O–H groups in total. The maximum Gasteiger partial charge on any atom is 0.240 e. The van der Waals surface area contributed by atoms with Crippen LogP contribution in [0.5, 0.6) is 0 Å². The largest absolute Gasteiger partial charge is 0.347 e. The normalized spacial score (nSPS) is 26.9. The number of amides is 1. The van der Waals surface area contributed by atoms with Crippen LogP contribution < -0.4 is 5.32 Å². The van der Waals surface area contributed by atoms with Crippen LogP contribution in [0.1, 0.15) is 17.8 Å². The molecule has 1 aromatic rings. The summed E-state index contributed by atoms with van der Waals surface area (Å²) in [5.74, 6) is 2.45. The van der Waals surface area contributed by atoms with Crippen molar-refractivity contribution in [3.05, 3.63) is 17.7 Å². The topological polar surface area (TPSA) is 61.0 Å². The van der Waals surface area contributed by atoms with Crippen LogP contribution in [-0.2, 0) is 17.8 Å². The lowest BCUT2D eigenvalue weighted by Crippen LogP contribution is -2.51. The van der Waals surface area contributed by atoms with Gasteiger partial charge in [0, 0.05) is 31.8 Å². The molecule has 2 aliphatic heterocycles. The third-order valence-electron chi connectivity index (χ3n) is 3.83. The fourth-order valence-corrected chi connectivity index (χ4v) is 3.86. The van der Waals surface area contributed by atoms with Gasteiger partial charge in [-0.25, -0.2) is 4.98 Å². The molecule has 3 heterocycles. The first-order valence-corrected chi connectivity index (χ1v) is 7.50. The van der Waals surface area contributed by atoms with E-state index >= 15 is 0 Å². The van der Waals surface area contributed by atoms with E-state index in [1.807, 2.05) is 23.7 Å². The van der Waals surface area contributed by atoms with E-state index in [1.54, 1.807) is 6.33 Å². The van der Waals surface area contributed by atoms with Gasteiger partial charge in [-0.05, 0) is 12.2 Å². The predicted molar refractivity (Wildman–Crippen MR) is 71.4 cm³/mol. The van der Waals surface area contributed by atoms with E-state index in [-0.39, 0.29) is 11.9 Å². The first kappa shape index (κ1) is 12.0. The molecule has 3 rings (SSSR count). The molecule has 6 heteroatoms. The average Bonchev–Trinajstić information content (AvgIpc) is 3.06. The number of nitrogens with one attached hydrogen (secondary N) is 2. The Morgan fingerprint density at radius 1 is 1.61 bits per heavy atom. The zero-order chi connectivity index (χ0) is 12.5. The molecule has 0 spiro atoms. The van der Waals surface area contributed by atoms with Gasteiger partial charge in [0.05, 0.1) is 23.8 Å². The van der Waals surface area contributed by atoms with Gasteiger partial charge in [-0.3, -0.25) is 10.1 Å². The second-order valence-electron chi connectivity index (χ2n) is 4.93. The van der Waals surface area contributed by atoms with E-state index in [1.165, 1.54) is 5.75 Å². The van der Waals surface area contributed by atoms with Crippen LogP contribution in [0.4, 0.5) is 0 Å². The Kier molecular flexibility index (Phi) is 3.30. The lowest BCUT2D eigenvalue weighted by Gasteiger charge is -2.30. The van der Waals surface area contributed by atoms with Gasteiger partial charge >= 0.3 is 0 Å². The average molecular weight is 266 g/mol. The molecular weight excluding hydrogens is 248 g/mol. The van der Waals surface area contributed by atoms with E-state index < -0.39 is 0 Å². The van der Waals surface area contributed by atoms with Crippen LogP contribution in [0.3, 0.4) is 0 Å². The first-order chi connectivity index (χ1) is 8.75. The smallest absolute Gasteiger partial charge is 0.240 e. The van der Waals surface area contributed by atoms with Gasteiger partial charge in [-0.15, -0.1) is 0 Å². The fraction of sp³-hybridized carbons (Fsp3) is 0.667. The second-order valence-corrected chi connectivity index (χ2v) is 6.08. The number of aromatic nitrogens is 2. The highest BCUT2D eigenvalue weighted by Gasteiger charge is 2.31. The zero-order valence-electron chi connectivity index (χ0n) is 10.5. The van der Waals surface area contributed by atoms with Crippen LogP contribution >= 0.6 is 11.8 Å². The number of carbonyl (C=O) groups excluding carboxylic acids is 1. The first-order valence-electron chi connectivity index (χ1n) is 6.34. The van der Waals surface area contributed by atoms with Gasteiger partial charge < -0.3 is 9.88 Å². The number of fused-ring (bicyclic) bond motifs is 1. The third kappa shape index (κ3) is 2.14. The third-order valence-corrected chi connectivity index (χ3v) is 4.97. The molecular formula is C12H18N4OS. The quantitative estimate of drug-likeness (QED) is 0.813. The lowest BCUT2D eigenvalue weighted by molar-refractivity contribution is -0.134. The number of H-pyrrole nitrogens is 1. The number of rotatable bonds is 2. The van der Waals surface area contributed by atoms with Crippen molar-refractivity contribution in [2.45, 2.75) is 31.5 Å². The molecule has 5 nitrogen and oxygen atoms in total. The van der Waals surface area contributed by atoms with Crippen molar-refractivity contribution in [2.24, 2.45) is 0 Å². The molecule has 18 heavy (non-hydrogen) atoms. The number of thioether (sulfide) groups is 1. The highest BCUT2D eigenvalue weighted by Crippen LogP contribution is 2.22. The molecule has 1 amide bonds. The Morgan fingerprint density at radius 3 is 3.28 bits per heavy atom. The summed E-state index contributed by atoms with van der Waals surface area (Å²) < 4.78 is 0. The van der Waals surface area contributed by atoms with Crippen molar-refractivity contribution in [3.8, 4) is 0 Å². The minimum Gasteiger partial charge on any atom is -0.347 e. The maximum atomic E-state index is 12.4. The molecule has 1 aromatic heterocycles. The van der Waals surface area contributed by atoms with E-state index in [0.717, 1.165) is 23.6 Å². The van der Waals surface area contributed by atoms with Crippen molar-refractivity contribution in [1.29, 1.82) is 0 Å². The number of imidazole rings is 1. The molecule has 2 aliphatic rings. The van der Waals surface area contributed by atoms with Gasteiger partial charge in [0.1, 0.15) is 0 Å². The van der Waals surface area contributed by atoms with E-state index in [0.29, 0.717) is 19.0 Å². The molecule has 2 atom stereocenters. The molecule has 0 radical (unpaired) electrons. The van der Waals surface area contributed by atoms with Crippen LogP contribution in [0.25, 0.3) is 0 Å². The van der Waals surface area contributed by atoms with Gasteiger partial charge in [0.25, 0.3) is 0 Å². The van der Waals surface area contributed by atoms with E-state index in [9.17, 15) is 4.79 Å². The van der Waals surface area contributed by atoms with Crippen molar-refractivity contribution >= 4 is 17.7 Å². The summed E-state index contributed by atoms with van der Waals surface area (Å²) in [7, 11) is 1.93. The van der Waals surface area contributed by atoms with Crippen LogP contribution in [0.2, 0.25) is 0 Å². The summed E-state index contributed by atoms with van der Waals surface area (Å²) in [4.78, 5) is 21.7. The number of hydrogen-bond donors (Lipinski definition) is 2. The number of carbonyl (C=O) groups is 1. The number of nitrogens with zero attached hydrogens (tertiary/aromatic N) is 2. The SMILES string of the molecule is CN(C(=O)C1Cc2nc[nH]c2CN1)C1CCSC1. The minimum atomic E-state index is -0.114. The van der Waals surface area contributed by atoms with Gasteiger partial charge in [-0.1, -0.05) is 0 Å². The summed E-state index contributed by atoms with van der Waals surface area (Å²) in [5.41, 5.74) is 2.14. The summed E-state index contributed by atoms with van der Waals surface area (Å²) in [6.07, 6.45) is 3.52. The van der Waals surface area contributed by atoms with Crippen LogP contribution in [-0.4, -0.2) is 51.4 Å². The van der Waals surface area contributed by atoms with Gasteiger partial charge in [0.2, 0.25) is 5.91 Å². The Hall–Kier alpha value is -1.01. The predicted octanol–water partition coefficient (Wildman–Crippen LogP) is 0.388. The molecule has 2 unspecified atom stereocenters. The second kappa shape index (κ2) is 4.93. The summed E-state index contributed by atoms with van der Waals surface area (Å²) in [5, 5.41) is 3.30. The molecule has 0 aliphatic carbocycles. The fourth-order valence-electron chi connectivity index (χ4n) is 2.60. The summed E-state index contributed by atoms with van der Waals surface area (Å²) in [6.45, 7) is 0.707. The molecule has 98 valence electrons. The van der Waals surface area contributed by atoms with Crippen molar-refractivity contribution in [2.75, 3.05) is 18.6 Å². The van der Waals surface area contributed by atoms with E-state index in [2.05, 4.69) is 15.3 Å². The van der Waals surface area contributed by atoms with Crippen molar-refractivity contribution < 1.29 is 4.79 Å². The zero-order valence-corrected chi connectivity index (χ0v) is 11.3. The van der Waals surface area contributed by atoms with Gasteiger partial charge in [-0.2, -0.15) is 11.8 Å². The Bertz CT molecular complexity index is 441. The number of aromatic amines is 1. The monoisotopic (exact) mass is 266 g/mol. The van der Waals surface area contributed by atoms with E-state index in [4.69, 9.17) is 0 Å². The van der Waals surface area contributed by atoms with Gasteiger partial charge in [0.15, 0.2) is 0 Å². The highest BCUT2D eigenvalue weighted by atomic mass is 32.2. The molecule has 0 bridgehead atoms. The lowest BCUT2D eigenvalue weighted by atomic mass is 10.0. The summed E-state index contributed by atoms with van der Waals surface area (Å²) in [6, 6.07) is 0.293.